The number of thiazole rings is 1. The van der Waals surface area contributed by atoms with E-state index in [1.54, 1.807) is 17.7 Å². The lowest BCUT2D eigenvalue weighted by molar-refractivity contribution is -0.146. The predicted molar refractivity (Wildman–Crippen MR) is 65.8 cm³/mol. The minimum absolute atomic E-state index is 0.200. The molecule has 7 heteroatoms. The quantitative estimate of drug-likeness (QED) is 0.797. The second kappa shape index (κ2) is 3.43. The monoisotopic (exact) mass is 278 g/mol. The van der Waals surface area contributed by atoms with Crippen LogP contribution in [0.25, 0.3) is 0 Å². The molecule has 1 amide bonds. The van der Waals surface area contributed by atoms with Gasteiger partial charge in [-0.3, -0.25) is 14.5 Å². The second-order valence-electron chi connectivity index (χ2n) is 4.98. The molecule has 1 aromatic rings. The molecule has 3 aliphatic heterocycles. The van der Waals surface area contributed by atoms with Crippen LogP contribution in [-0.2, 0) is 14.3 Å². The fraction of sp³-hybridized carbons (Fsp3) is 0.417. The Hall–Kier alpha value is -1.73. The summed E-state index contributed by atoms with van der Waals surface area (Å²) in [6.45, 7) is 0.348. The number of carboxylic acid groups (broad SMARTS) is 1. The fourth-order valence-electron chi connectivity index (χ4n) is 3.29. The van der Waals surface area contributed by atoms with Gasteiger partial charge in [-0.25, -0.2) is 4.98 Å². The zero-order valence-electron chi connectivity index (χ0n) is 9.72. The molecule has 4 rings (SSSR count). The van der Waals surface area contributed by atoms with Crippen LogP contribution in [0.4, 0.5) is 5.13 Å². The molecule has 6 nitrogen and oxygen atoms in total. The van der Waals surface area contributed by atoms with E-state index in [-0.39, 0.29) is 5.91 Å². The van der Waals surface area contributed by atoms with E-state index in [0.717, 1.165) is 0 Å². The van der Waals surface area contributed by atoms with Crippen molar-refractivity contribution in [2.75, 3.05) is 11.4 Å². The molecule has 4 atom stereocenters. The number of hydrogen-bond donors (Lipinski definition) is 1. The molecule has 2 bridgehead atoms. The number of aromatic nitrogens is 1. The summed E-state index contributed by atoms with van der Waals surface area (Å²) >= 11 is 1.36. The third-order valence-electron chi connectivity index (χ3n) is 4.04. The number of carbonyl (C=O) groups is 2. The lowest BCUT2D eigenvalue weighted by atomic mass is 9.77. The van der Waals surface area contributed by atoms with Crippen LogP contribution in [-0.4, -0.2) is 40.2 Å². The molecule has 1 aromatic heterocycles. The van der Waals surface area contributed by atoms with E-state index < -0.39 is 29.5 Å². The molecule has 19 heavy (non-hydrogen) atoms. The number of hydrogen-bond acceptors (Lipinski definition) is 5. The first-order valence-corrected chi connectivity index (χ1v) is 6.81. The number of rotatable bonds is 2. The molecule has 1 spiro atoms. The van der Waals surface area contributed by atoms with Crippen molar-refractivity contribution in [1.82, 2.24) is 4.98 Å². The molecule has 98 valence electrons. The highest BCUT2D eigenvalue weighted by Crippen LogP contribution is 2.52. The zero-order chi connectivity index (χ0) is 13.2. The van der Waals surface area contributed by atoms with E-state index in [4.69, 9.17) is 4.74 Å². The average molecular weight is 278 g/mol. The van der Waals surface area contributed by atoms with E-state index in [0.29, 0.717) is 11.7 Å². The van der Waals surface area contributed by atoms with Crippen LogP contribution in [0, 0.1) is 11.8 Å². The summed E-state index contributed by atoms with van der Waals surface area (Å²) in [7, 11) is 0. The molecule has 4 heterocycles. The van der Waals surface area contributed by atoms with Crippen molar-refractivity contribution in [3.8, 4) is 0 Å². The standard InChI is InChI=1S/C12H10N2O4S/c15-9-8-7(10(16)17)6-1-2-12(8,18-6)5-14(9)11-13-3-4-19-11/h1-4,6-8H,5H2,(H,16,17)/t6-,7-,8+,12-/m1/s1. The normalized spacial score (nSPS) is 39.1. The Balaban J connectivity index is 1.77. The summed E-state index contributed by atoms with van der Waals surface area (Å²) < 4.78 is 5.78. The SMILES string of the molecule is O=C(O)[C@H]1[C@H]2C(=O)N(c3nccs3)C[C@]23C=C[C@H]1O3. The number of nitrogens with zero attached hydrogens (tertiary/aromatic N) is 2. The number of aliphatic carboxylic acids is 1. The molecule has 0 radical (unpaired) electrons. The van der Waals surface area contributed by atoms with Gasteiger partial charge >= 0.3 is 5.97 Å². The highest BCUT2D eigenvalue weighted by atomic mass is 32.1. The van der Waals surface area contributed by atoms with Crippen molar-refractivity contribution in [1.29, 1.82) is 0 Å². The largest absolute Gasteiger partial charge is 0.481 e. The van der Waals surface area contributed by atoms with Gasteiger partial charge in [0.25, 0.3) is 0 Å². The van der Waals surface area contributed by atoms with Crippen LogP contribution >= 0.6 is 11.3 Å². The van der Waals surface area contributed by atoms with Crippen LogP contribution in [0.5, 0.6) is 0 Å². The molecule has 3 aliphatic rings. The lowest BCUT2D eigenvalue weighted by Gasteiger charge is -2.21. The molecular weight excluding hydrogens is 268 g/mol. The van der Waals surface area contributed by atoms with Crippen molar-refractivity contribution in [3.05, 3.63) is 23.7 Å². The first-order valence-electron chi connectivity index (χ1n) is 5.93. The number of ether oxygens (including phenoxy) is 1. The summed E-state index contributed by atoms with van der Waals surface area (Å²) in [5, 5.41) is 11.7. The van der Waals surface area contributed by atoms with E-state index in [9.17, 15) is 14.7 Å². The molecular formula is C12H10N2O4S. The Labute approximate surface area is 112 Å². The second-order valence-corrected chi connectivity index (χ2v) is 5.85. The first kappa shape index (κ1) is 11.1. The third-order valence-corrected chi connectivity index (χ3v) is 4.83. The topological polar surface area (TPSA) is 79.7 Å². The van der Waals surface area contributed by atoms with Gasteiger partial charge in [-0.15, -0.1) is 11.3 Å². The summed E-state index contributed by atoms with van der Waals surface area (Å²) in [5.74, 6) is -2.60. The first-order chi connectivity index (χ1) is 9.12. The van der Waals surface area contributed by atoms with Crippen LogP contribution < -0.4 is 4.90 Å². The van der Waals surface area contributed by atoms with Gasteiger partial charge in [0.15, 0.2) is 5.13 Å². The van der Waals surface area contributed by atoms with E-state index in [2.05, 4.69) is 4.98 Å². The van der Waals surface area contributed by atoms with Crippen LogP contribution in [0.1, 0.15) is 0 Å². The predicted octanol–water partition coefficient (Wildman–Crippen LogP) is 0.514. The number of carbonyl (C=O) groups excluding carboxylic acids is 1. The average Bonchev–Trinajstić information content (AvgIpc) is 3.09. The van der Waals surface area contributed by atoms with E-state index >= 15 is 0 Å². The van der Waals surface area contributed by atoms with Crippen molar-refractivity contribution in [2.24, 2.45) is 11.8 Å². The Morgan fingerprint density at radius 3 is 3.16 bits per heavy atom. The molecule has 2 saturated heterocycles. The minimum Gasteiger partial charge on any atom is -0.481 e. The van der Waals surface area contributed by atoms with Gasteiger partial charge in [-0.1, -0.05) is 12.2 Å². The Morgan fingerprint density at radius 2 is 2.47 bits per heavy atom. The third kappa shape index (κ3) is 1.26. The van der Waals surface area contributed by atoms with E-state index in [1.165, 1.54) is 16.2 Å². The molecule has 2 fully saturated rings. The maximum Gasteiger partial charge on any atom is 0.310 e. The Bertz CT molecular complexity index is 599. The number of fused-ring (bicyclic) bond motifs is 1. The summed E-state index contributed by atoms with van der Waals surface area (Å²) in [4.78, 5) is 29.5. The van der Waals surface area contributed by atoms with Crippen LogP contribution in [0.2, 0.25) is 0 Å². The van der Waals surface area contributed by atoms with Gasteiger partial charge < -0.3 is 9.84 Å². The van der Waals surface area contributed by atoms with Crippen LogP contribution in [0.3, 0.4) is 0 Å². The summed E-state index contributed by atoms with van der Waals surface area (Å²) in [6, 6.07) is 0. The smallest absolute Gasteiger partial charge is 0.310 e. The molecule has 0 saturated carbocycles. The molecule has 1 N–H and O–H groups in total. The van der Waals surface area contributed by atoms with Gasteiger partial charge in [0.1, 0.15) is 11.5 Å². The molecule has 0 aliphatic carbocycles. The van der Waals surface area contributed by atoms with Gasteiger partial charge in [0.2, 0.25) is 5.91 Å². The molecule has 0 unspecified atom stereocenters. The van der Waals surface area contributed by atoms with Crippen molar-refractivity contribution < 1.29 is 19.4 Å². The summed E-state index contributed by atoms with van der Waals surface area (Å²) in [6.07, 6.45) is 4.74. The number of carboxylic acids is 1. The van der Waals surface area contributed by atoms with Gasteiger partial charge in [-0.05, 0) is 0 Å². The highest BCUT2D eigenvalue weighted by molar-refractivity contribution is 7.13. The number of amides is 1. The zero-order valence-corrected chi connectivity index (χ0v) is 10.5. The Kier molecular flexibility index (Phi) is 2.01. The maximum atomic E-state index is 12.5. The van der Waals surface area contributed by atoms with Crippen molar-refractivity contribution >= 4 is 28.3 Å². The number of anilines is 1. The Morgan fingerprint density at radius 1 is 1.63 bits per heavy atom. The molecule has 0 aromatic carbocycles. The van der Waals surface area contributed by atoms with Gasteiger partial charge in [0.05, 0.1) is 18.6 Å². The van der Waals surface area contributed by atoms with Gasteiger partial charge in [0, 0.05) is 11.6 Å². The van der Waals surface area contributed by atoms with Crippen molar-refractivity contribution in [2.45, 2.75) is 11.7 Å². The highest BCUT2D eigenvalue weighted by Gasteiger charge is 2.67. The van der Waals surface area contributed by atoms with Crippen molar-refractivity contribution in [3.63, 3.8) is 0 Å². The van der Waals surface area contributed by atoms with Gasteiger partial charge in [-0.2, -0.15) is 0 Å². The van der Waals surface area contributed by atoms with E-state index in [1.807, 2.05) is 6.08 Å². The van der Waals surface area contributed by atoms with Crippen LogP contribution in [0.15, 0.2) is 23.7 Å². The maximum absolute atomic E-state index is 12.5. The lowest BCUT2D eigenvalue weighted by Crippen LogP contribution is -2.39. The fourth-order valence-corrected chi connectivity index (χ4v) is 3.94. The summed E-state index contributed by atoms with van der Waals surface area (Å²) in [5.41, 5.74) is -0.781. The minimum atomic E-state index is -0.976.